The van der Waals surface area contributed by atoms with E-state index in [9.17, 15) is 19.3 Å². The van der Waals surface area contributed by atoms with Gasteiger partial charge in [0.15, 0.2) is 6.10 Å². The van der Waals surface area contributed by atoms with Gasteiger partial charge in [-0.1, -0.05) is 148 Å². The zero-order valence-electron chi connectivity index (χ0n) is 33.4. The molecule has 3 N–H and O–H groups in total. The van der Waals surface area contributed by atoms with Crippen LogP contribution in [-0.4, -0.2) is 52.3 Å². The minimum atomic E-state index is -4.80. The summed E-state index contributed by atoms with van der Waals surface area (Å²) in [5, 5.41) is 9.81. The highest BCUT2D eigenvalue weighted by Gasteiger charge is 2.22. The molecule has 55 heavy (non-hydrogen) atoms. The molecule has 0 aromatic heterocycles. The van der Waals surface area contributed by atoms with Gasteiger partial charge in [0.2, 0.25) is 0 Å². The lowest BCUT2D eigenvalue weighted by atomic mass is 10.1. The number of rotatable bonds is 34. The standard InChI is InChI=1S/C45H69O9P/c1-3-5-7-8-9-10-11-12-13-14-15-18-21-24-27-30-34-38-44(47)52-40-43(41-53-55(49,50)51)54-45(48)39-35-31-28-25-22-19-16-17-20-23-26-29-33-37-42(46)36-32-6-4-2/h5-7,9-10,12-13,15,17-20,22,26,28-29,31-33,37,42-43,46H,3-4,8,11,14,16,21,23-25,27,30,34-36,38-41H2,1-2H3,(H2,49,50,51)/b7-5-,10-9-,13-12-,18-15-,20-17-,22-19-,29-26+,31-28-,32-6-,37-33+/t42?,43-/m1/s1. The second-order valence-corrected chi connectivity index (χ2v) is 13.9. The summed E-state index contributed by atoms with van der Waals surface area (Å²) < 4.78 is 26.2. The van der Waals surface area contributed by atoms with Gasteiger partial charge < -0.3 is 24.4 Å². The zero-order valence-corrected chi connectivity index (χ0v) is 34.3. The highest BCUT2D eigenvalue weighted by molar-refractivity contribution is 7.46. The lowest BCUT2D eigenvalue weighted by Crippen LogP contribution is -2.29. The number of aliphatic hydroxyl groups is 1. The van der Waals surface area contributed by atoms with Crippen molar-refractivity contribution in [1.29, 1.82) is 0 Å². The molecule has 0 radical (unpaired) electrons. The van der Waals surface area contributed by atoms with Gasteiger partial charge in [-0.15, -0.1) is 0 Å². The maximum absolute atomic E-state index is 12.4. The van der Waals surface area contributed by atoms with Gasteiger partial charge in [-0.05, 0) is 83.5 Å². The fourth-order valence-corrected chi connectivity index (χ4v) is 5.01. The second-order valence-electron chi connectivity index (χ2n) is 12.7. The van der Waals surface area contributed by atoms with Gasteiger partial charge in [0.25, 0.3) is 0 Å². The molecule has 0 rings (SSSR count). The van der Waals surface area contributed by atoms with E-state index < -0.39 is 38.6 Å². The van der Waals surface area contributed by atoms with Crippen molar-refractivity contribution >= 4 is 19.8 Å². The van der Waals surface area contributed by atoms with Crippen LogP contribution >= 0.6 is 7.82 Å². The van der Waals surface area contributed by atoms with Crippen molar-refractivity contribution in [3.8, 4) is 0 Å². The maximum atomic E-state index is 12.4. The van der Waals surface area contributed by atoms with Crippen LogP contribution in [-0.2, 0) is 28.2 Å². The third kappa shape index (κ3) is 41.4. The van der Waals surface area contributed by atoms with Crippen LogP contribution in [0.25, 0.3) is 0 Å². The van der Waals surface area contributed by atoms with Crippen LogP contribution in [0, 0.1) is 0 Å². The first-order valence-electron chi connectivity index (χ1n) is 19.9. The van der Waals surface area contributed by atoms with E-state index in [-0.39, 0.29) is 19.4 Å². The molecule has 9 nitrogen and oxygen atoms in total. The molecule has 2 atom stereocenters. The van der Waals surface area contributed by atoms with Gasteiger partial charge in [0.1, 0.15) is 6.61 Å². The van der Waals surface area contributed by atoms with E-state index in [1.54, 1.807) is 6.08 Å². The summed E-state index contributed by atoms with van der Waals surface area (Å²) in [5.41, 5.74) is 0. The van der Waals surface area contributed by atoms with E-state index in [4.69, 9.17) is 19.3 Å². The predicted molar refractivity (Wildman–Crippen MR) is 226 cm³/mol. The Morgan fingerprint density at radius 1 is 0.564 bits per heavy atom. The minimum Gasteiger partial charge on any atom is -0.462 e. The van der Waals surface area contributed by atoms with Gasteiger partial charge in [-0.25, -0.2) is 4.57 Å². The minimum absolute atomic E-state index is 0.0573. The molecular weight excluding hydrogens is 715 g/mol. The smallest absolute Gasteiger partial charge is 0.462 e. The molecule has 0 bridgehead atoms. The van der Waals surface area contributed by atoms with Gasteiger partial charge in [0, 0.05) is 12.8 Å². The number of ether oxygens (including phenoxy) is 2. The number of carbonyl (C=O) groups is 2. The fourth-order valence-electron chi connectivity index (χ4n) is 4.65. The van der Waals surface area contributed by atoms with Crippen molar-refractivity contribution in [2.45, 2.75) is 135 Å². The topological polar surface area (TPSA) is 140 Å². The largest absolute Gasteiger partial charge is 0.469 e. The molecule has 0 fully saturated rings. The van der Waals surface area contributed by atoms with Crippen molar-refractivity contribution in [2.75, 3.05) is 13.2 Å². The number of hydrogen-bond donors (Lipinski definition) is 3. The average Bonchev–Trinajstić information content (AvgIpc) is 3.15. The van der Waals surface area contributed by atoms with E-state index in [1.807, 2.05) is 48.6 Å². The van der Waals surface area contributed by atoms with Crippen molar-refractivity contribution < 1.29 is 43.0 Å². The number of esters is 2. The molecule has 0 heterocycles. The number of unbranched alkanes of at least 4 members (excludes halogenated alkanes) is 4. The molecular formula is C45H69O9P. The summed E-state index contributed by atoms with van der Waals surface area (Å²) in [6, 6.07) is 0. The first-order chi connectivity index (χ1) is 26.7. The molecule has 0 aliphatic heterocycles. The Morgan fingerprint density at radius 2 is 1.07 bits per heavy atom. The third-order valence-electron chi connectivity index (χ3n) is 7.57. The van der Waals surface area contributed by atoms with E-state index in [1.165, 1.54) is 0 Å². The summed E-state index contributed by atoms with van der Waals surface area (Å²) in [6.07, 6.45) is 52.6. The summed E-state index contributed by atoms with van der Waals surface area (Å²) in [6.45, 7) is 3.25. The lowest BCUT2D eigenvalue weighted by Gasteiger charge is -2.18. The number of carbonyl (C=O) groups excluding carboxylic acids is 2. The Morgan fingerprint density at radius 3 is 1.65 bits per heavy atom. The number of aliphatic hydroxyl groups excluding tert-OH is 1. The summed E-state index contributed by atoms with van der Waals surface area (Å²) in [4.78, 5) is 42.8. The molecule has 0 saturated carbocycles. The Hall–Kier alpha value is -3.59. The van der Waals surface area contributed by atoms with Crippen LogP contribution in [0.15, 0.2) is 122 Å². The molecule has 0 spiro atoms. The van der Waals surface area contributed by atoms with Gasteiger partial charge in [0.05, 0.1) is 12.7 Å². The quantitative estimate of drug-likeness (QED) is 0.0191. The predicted octanol–water partition coefficient (Wildman–Crippen LogP) is 11.1. The second kappa shape index (κ2) is 38.7. The molecule has 0 aromatic rings. The lowest BCUT2D eigenvalue weighted by molar-refractivity contribution is -0.161. The number of phosphoric acid groups is 1. The zero-order chi connectivity index (χ0) is 40.5. The van der Waals surface area contributed by atoms with Crippen LogP contribution in [0.1, 0.15) is 123 Å². The Labute approximate surface area is 331 Å². The van der Waals surface area contributed by atoms with Gasteiger partial charge >= 0.3 is 19.8 Å². The highest BCUT2D eigenvalue weighted by atomic mass is 31.2. The van der Waals surface area contributed by atoms with E-state index in [0.29, 0.717) is 25.7 Å². The number of allylic oxidation sites excluding steroid dienone is 18. The maximum Gasteiger partial charge on any atom is 0.469 e. The Bertz CT molecular complexity index is 1310. The SMILES string of the molecule is CC/C=C\C/C=C\C/C=C\C/C=C\CCCCCCC(=O)OC[C@H](COP(=O)(O)O)OC(=O)CC/C=C\C/C=C\C/C=C\C/C=C/C=C/C(O)C/C=C\CC. The first kappa shape index (κ1) is 51.4. The summed E-state index contributed by atoms with van der Waals surface area (Å²) in [5.74, 6) is -1.05. The van der Waals surface area contributed by atoms with Gasteiger partial charge in [-0.2, -0.15) is 0 Å². The normalized spacial score (nSPS) is 14.3. The summed E-state index contributed by atoms with van der Waals surface area (Å²) >= 11 is 0. The first-order valence-corrected chi connectivity index (χ1v) is 21.5. The molecule has 0 saturated heterocycles. The van der Waals surface area contributed by atoms with E-state index >= 15 is 0 Å². The molecule has 0 aliphatic rings. The molecule has 10 heteroatoms. The highest BCUT2D eigenvalue weighted by Crippen LogP contribution is 2.35. The van der Waals surface area contributed by atoms with Crippen LogP contribution in [0.3, 0.4) is 0 Å². The Kier molecular flexibility index (Phi) is 36.2. The van der Waals surface area contributed by atoms with Crippen LogP contribution in [0.2, 0.25) is 0 Å². The van der Waals surface area contributed by atoms with Gasteiger partial charge in [-0.3, -0.25) is 14.1 Å². The Balaban J connectivity index is 4.20. The summed E-state index contributed by atoms with van der Waals surface area (Å²) in [7, 11) is -4.80. The molecule has 0 amide bonds. The van der Waals surface area contributed by atoms with Crippen LogP contribution < -0.4 is 0 Å². The average molecular weight is 785 g/mol. The van der Waals surface area contributed by atoms with Crippen LogP contribution in [0.5, 0.6) is 0 Å². The molecule has 0 aromatic carbocycles. The van der Waals surface area contributed by atoms with Crippen molar-refractivity contribution in [1.82, 2.24) is 0 Å². The fraction of sp³-hybridized carbons (Fsp3) is 0.511. The van der Waals surface area contributed by atoms with Crippen molar-refractivity contribution in [2.24, 2.45) is 0 Å². The monoisotopic (exact) mass is 784 g/mol. The molecule has 308 valence electrons. The van der Waals surface area contributed by atoms with Crippen molar-refractivity contribution in [3.63, 3.8) is 0 Å². The number of phosphoric ester groups is 1. The molecule has 0 aliphatic carbocycles. The van der Waals surface area contributed by atoms with Crippen molar-refractivity contribution in [3.05, 3.63) is 122 Å². The van der Waals surface area contributed by atoms with E-state index in [0.717, 1.165) is 70.6 Å². The van der Waals surface area contributed by atoms with Crippen LogP contribution in [0.4, 0.5) is 0 Å². The van der Waals surface area contributed by atoms with E-state index in [2.05, 4.69) is 85.2 Å². The number of hydrogen-bond acceptors (Lipinski definition) is 7. The third-order valence-corrected chi connectivity index (χ3v) is 8.05. The molecule has 1 unspecified atom stereocenters.